The number of amides is 3. The molecule has 1 aromatic carbocycles. The highest BCUT2D eigenvalue weighted by molar-refractivity contribution is 5.98. The maximum Gasteiger partial charge on any atom is 0.238 e. The fourth-order valence-corrected chi connectivity index (χ4v) is 2.69. The predicted molar refractivity (Wildman–Crippen MR) is 93.5 cm³/mol. The molecule has 1 saturated heterocycles. The van der Waals surface area contributed by atoms with Gasteiger partial charge in [-0.3, -0.25) is 14.4 Å². The Morgan fingerprint density at radius 1 is 1.20 bits per heavy atom. The van der Waals surface area contributed by atoms with E-state index in [0.717, 1.165) is 0 Å². The molecule has 0 saturated carbocycles. The number of hydrogen-bond donors (Lipinski definition) is 2. The second-order valence-corrected chi connectivity index (χ2v) is 7.03. The van der Waals surface area contributed by atoms with Crippen molar-refractivity contribution in [2.24, 2.45) is 5.92 Å². The minimum Gasteiger partial charge on any atom is -0.337 e. The molecule has 2 rings (SSSR count). The van der Waals surface area contributed by atoms with Crippen LogP contribution in [0.2, 0.25) is 0 Å². The topological polar surface area (TPSA) is 102 Å². The third-order valence-corrected chi connectivity index (χ3v) is 3.98. The van der Waals surface area contributed by atoms with Crippen LogP contribution in [-0.4, -0.2) is 34.7 Å². The van der Waals surface area contributed by atoms with Crippen molar-refractivity contribution in [1.29, 1.82) is 5.26 Å². The van der Waals surface area contributed by atoms with E-state index in [1.807, 2.05) is 20.8 Å². The number of benzene rings is 1. The van der Waals surface area contributed by atoms with Gasteiger partial charge in [0, 0.05) is 29.9 Å². The summed E-state index contributed by atoms with van der Waals surface area (Å²) in [5.74, 6) is -0.961. The minimum atomic E-state index is -0.383. The molecule has 7 nitrogen and oxygen atoms in total. The van der Waals surface area contributed by atoms with Crippen LogP contribution in [0.4, 0.5) is 11.4 Å². The van der Waals surface area contributed by atoms with Crippen molar-refractivity contribution in [3.63, 3.8) is 0 Å². The maximum atomic E-state index is 12.4. The van der Waals surface area contributed by atoms with Crippen molar-refractivity contribution in [1.82, 2.24) is 4.90 Å². The zero-order valence-corrected chi connectivity index (χ0v) is 14.6. The van der Waals surface area contributed by atoms with E-state index in [1.165, 1.54) is 0 Å². The van der Waals surface area contributed by atoms with Crippen LogP contribution in [0.3, 0.4) is 0 Å². The van der Waals surface area contributed by atoms with Crippen molar-refractivity contribution in [2.45, 2.75) is 39.2 Å². The first-order valence-electron chi connectivity index (χ1n) is 8.09. The first kappa shape index (κ1) is 18.5. The number of nitrogens with one attached hydrogen (secondary N) is 2. The molecule has 132 valence electrons. The molecule has 0 aliphatic carbocycles. The van der Waals surface area contributed by atoms with E-state index in [4.69, 9.17) is 5.26 Å². The summed E-state index contributed by atoms with van der Waals surface area (Å²) in [5, 5.41) is 13.8. The number of nitrogens with zero attached hydrogens (tertiary/aromatic N) is 2. The van der Waals surface area contributed by atoms with Crippen molar-refractivity contribution in [2.75, 3.05) is 17.2 Å². The number of anilines is 2. The summed E-state index contributed by atoms with van der Waals surface area (Å²) in [5.41, 5.74) is 0.841. The van der Waals surface area contributed by atoms with Crippen LogP contribution >= 0.6 is 0 Å². The van der Waals surface area contributed by atoms with Gasteiger partial charge >= 0.3 is 0 Å². The van der Waals surface area contributed by atoms with Gasteiger partial charge in [0.25, 0.3) is 0 Å². The minimum absolute atomic E-state index is 0.0109. The lowest BCUT2D eigenvalue weighted by Crippen LogP contribution is -2.42. The smallest absolute Gasteiger partial charge is 0.238 e. The number of carbonyl (C=O) groups excluding carboxylic acids is 3. The summed E-state index contributed by atoms with van der Waals surface area (Å²) in [4.78, 5) is 37.5. The summed E-state index contributed by atoms with van der Waals surface area (Å²) in [6.07, 6.45) is 0.00385. The number of likely N-dealkylation sites (tertiary alicyclic amines) is 1. The SMILES string of the molecule is CC(C)(C)N1CC(C(=O)Nc2ccc(NC(=O)CC#N)cc2)CC1=O. The molecule has 0 radical (unpaired) electrons. The van der Waals surface area contributed by atoms with E-state index in [9.17, 15) is 14.4 Å². The first-order valence-corrected chi connectivity index (χ1v) is 8.09. The summed E-state index contributed by atoms with van der Waals surface area (Å²) < 4.78 is 0. The van der Waals surface area contributed by atoms with Crippen molar-refractivity contribution < 1.29 is 14.4 Å². The molecule has 7 heteroatoms. The molecule has 25 heavy (non-hydrogen) atoms. The van der Waals surface area contributed by atoms with Gasteiger partial charge in [0.2, 0.25) is 17.7 Å². The lowest BCUT2D eigenvalue weighted by Gasteiger charge is -2.31. The van der Waals surface area contributed by atoms with E-state index in [0.29, 0.717) is 17.9 Å². The highest BCUT2D eigenvalue weighted by atomic mass is 16.2. The van der Waals surface area contributed by atoms with E-state index in [-0.39, 0.29) is 42.0 Å². The van der Waals surface area contributed by atoms with Gasteiger partial charge in [-0.05, 0) is 45.0 Å². The largest absolute Gasteiger partial charge is 0.337 e. The number of nitriles is 1. The van der Waals surface area contributed by atoms with Gasteiger partial charge in [0.1, 0.15) is 6.42 Å². The summed E-state index contributed by atoms with van der Waals surface area (Å²) in [7, 11) is 0. The number of rotatable bonds is 4. The monoisotopic (exact) mass is 342 g/mol. The van der Waals surface area contributed by atoms with Crippen molar-refractivity contribution in [3.05, 3.63) is 24.3 Å². The first-order chi connectivity index (χ1) is 11.7. The second kappa shape index (κ2) is 7.34. The molecular formula is C18H22N4O3. The molecule has 1 aliphatic rings. The van der Waals surface area contributed by atoms with E-state index in [2.05, 4.69) is 10.6 Å². The fraction of sp³-hybridized carbons (Fsp3) is 0.444. The molecule has 1 fully saturated rings. The van der Waals surface area contributed by atoms with Crippen LogP contribution in [0.5, 0.6) is 0 Å². The van der Waals surface area contributed by atoms with Gasteiger partial charge in [-0.1, -0.05) is 0 Å². The quantitative estimate of drug-likeness (QED) is 0.875. The maximum absolute atomic E-state index is 12.4. The average Bonchev–Trinajstić information content (AvgIpc) is 2.92. The van der Waals surface area contributed by atoms with E-state index >= 15 is 0 Å². The molecule has 0 bridgehead atoms. The Bertz CT molecular complexity index is 713. The molecule has 0 spiro atoms. The highest BCUT2D eigenvalue weighted by Gasteiger charge is 2.39. The fourth-order valence-electron chi connectivity index (χ4n) is 2.69. The normalized spacial score (nSPS) is 17.1. The number of carbonyl (C=O) groups is 3. The lowest BCUT2D eigenvalue weighted by molar-refractivity contribution is -0.131. The van der Waals surface area contributed by atoms with Gasteiger partial charge < -0.3 is 15.5 Å². The molecule has 3 amide bonds. The molecule has 2 N–H and O–H groups in total. The van der Waals surface area contributed by atoms with Crippen LogP contribution in [0, 0.1) is 17.2 Å². The van der Waals surface area contributed by atoms with Crippen LogP contribution in [0.1, 0.15) is 33.6 Å². The molecule has 1 aromatic rings. The molecule has 1 atom stereocenters. The van der Waals surface area contributed by atoms with Crippen LogP contribution in [-0.2, 0) is 14.4 Å². The second-order valence-electron chi connectivity index (χ2n) is 7.03. The van der Waals surface area contributed by atoms with Crippen molar-refractivity contribution in [3.8, 4) is 6.07 Å². The molecule has 1 aliphatic heterocycles. The molecule has 1 heterocycles. The van der Waals surface area contributed by atoms with Crippen LogP contribution in [0.15, 0.2) is 24.3 Å². The Morgan fingerprint density at radius 2 is 1.76 bits per heavy atom. The van der Waals surface area contributed by atoms with Gasteiger partial charge in [0.15, 0.2) is 0 Å². The third-order valence-electron chi connectivity index (χ3n) is 3.98. The molecule has 1 unspecified atom stereocenters. The van der Waals surface area contributed by atoms with E-state index < -0.39 is 0 Å². The van der Waals surface area contributed by atoms with Crippen molar-refractivity contribution >= 4 is 29.1 Å². The van der Waals surface area contributed by atoms with E-state index in [1.54, 1.807) is 35.2 Å². The molecule has 0 aromatic heterocycles. The standard InChI is InChI=1S/C18H22N4O3/c1-18(2,3)22-11-12(10-16(22)24)17(25)21-14-6-4-13(5-7-14)20-15(23)8-9-19/h4-7,12H,8,10-11H2,1-3H3,(H,20,23)(H,21,25). The summed E-state index contributed by atoms with van der Waals surface area (Å²) in [6.45, 7) is 6.26. The van der Waals surface area contributed by atoms with Gasteiger partial charge in [-0.15, -0.1) is 0 Å². The zero-order chi connectivity index (χ0) is 18.6. The number of hydrogen-bond acceptors (Lipinski definition) is 4. The third kappa shape index (κ3) is 4.80. The van der Waals surface area contributed by atoms with Gasteiger partial charge in [0.05, 0.1) is 12.0 Å². The Balaban J connectivity index is 1.94. The highest BCUT2D eigenvalue weighted by Crippen LogP contribution is 2.26. The summed E-state index contributed by atoms with van der Waals surface area (Å²) in [6, 6.07) is 8.39. The Morgan fingerprint density at radius 3 is 2.24 bits per heavy atom. The van der Waals surface area contributed by atoms with Crippen LogP contribution < -0.4 is 10.6 Å². The van der Waals surface area contributed by atoms with Gasteiger partial charge in [-0.25, -0.2) is 0 Å². The van der Waals surface area contributed by atoms with Crippen LogP contribution in [0.25, 0.3) is 0 Å². The Labute approximate surface area is 147 Å². The van der Waals surface area contributed by atoms with Gasteiger partial charge in [-0.2, -0.15) is 5.26 Å². The lowest BCUT2D eigenvalue weighted by atomic mass is 10.1. The Kier molecular flexibility index (Phi) is 5.42. The summed E-state index contributed by atoms with van der Waals surface area (Å²) >= 11 is 0. The zero-order valence-electron chi connectivity index (χ0n) is 14.6. The Hall–Kier alpha value is -2.88. The predicted octanol–water partition coefficient (Wildman–Crippen LogP) is 2.12. The molecular weight excluding hydrogens is 320 g/mol. The average molecular weight is 342 g/mol.